The van der Waals surface area contributed by atoms with E-state index in [-0.39, 0.29) is 16.8 Å². The number of hydrogen-bond acceptors (Lipinski definition) is 8. The van der Waals surface area contributed by atoms with Crippen LogP contribution in [-0.4, -0.2) is 47.1 Å². The van der Waals surface area contributed by atoms with E-state index in [9.17, 15) is 19.2 Å². The van der Waals surface area contributed by atoms with Gasteiger partial charge in [0.2, 0.25) is 5.91 Å². The van der Waals surface area contributed by atoms with Crippen molar-refractivity contribution in [3.8, 4) is 0 Å². The molecule has 1 amide bonds. The Labute approximate surface area is 170 Å². The second kappa shape index (κ2) is 8.52. The zero-order valence-electron chi connectivity index (χ0n) is 16.4. The Morgan fingerprint density at radius 3 is 2.43 bits per heavy atom. The molecule has 1 N–H and O–H groups in total. The first-order valence-electron chi connectivity index (χ1n) is 8.83. The van der Waals surface area contributed by atoms with Crippen LogP contribution >= 0.6 is 0 Å². The molecule has 0 spiro atoms. The standard InChI is InChI=1S/C20H18N4O6/c1-11(24-18(26)13-6-4-5-7-15(13)22-23-24)17(25)21-16-10-12(19(27)29-2)8-9-14(16)20(28)30-3/h4-11H,1-3H3,(H,21,25). The lowest BCUT2D eigenvalue weighted by Crippen LogP contribution is -2.34. The predicted octanol–water partition coefficient (Wildman–Crippen LogP) is 1.56. The number of benzene rings is 2. The summed E-state index contributed by atoms with van der Waals surface area (Å²) in [5, 5.41) is 10.6. The Balaban J connectivity index is 1.96. The largest absolute Gasteiger partial charge is 0.465 e. The fourth-order valence-electron chi connectivity index (χ4n) is 2.78. The van der Waals surface area contributed by atoms with Crippen LogP contribution < -0.4 is 10.9 Å². The SMILES string of the molecule is COC(=O)c1ccc(C(=O)OC)c(NC(=O)C(C)n2nnc3ccccc3c2=O)c1. The highest BCUT2D eigenvalue weighted by molar-refractivity contribution is 6.04. The number of hydrogen-bond donors (Lipinski definition) is 1. The molecule has 0 aliphatic rings. The highest BCUT2D eigenvalue weighted by Crippen LogP contribution is 2.21. The first-order chi connectivity index (χ1) is 14.4. The van der Waals surface area contributed by atoms with Crippen LogP contribution in [0.2, 0.25) is 0 Å². The van der Waals surface area contributed by atoms with Gasteiger partial charge in [0.05, 0.1) is 36.4 Å². The minimum absolute atomic E-state index is 0.0302. The maximum Gasteiger partial charge on any atom is 0.339 e. The van der Waals surface area contributed by atoms with Gasteiger partial charge in [0, 0.05) is 0 Å². The van der Waals surface area contributed by atoms with Crippen LogP contribution in [0.15, 0.2) is 47.3 Å². The number of aromatic nitrogens is 3. The van der Waals surface area contributed by atoms with Crippen LogP contribution in [0.3, 0.4) is 0 Å². The van der Waals surface area contributed by atoms with Gasteiger partial charge < -0.3 is 14.8 Å². The summed E-state index contributed by atoms with van der Waals surface area (Å²) >= 11 is 0. The van der Waals surface area contributed by atoms with Gasteiger partial charge >= 0.3 is 11.9 Å². The number of esters is 2. The number of ether oxygens (including phenoxy) is 2. The van der Waals surface area contributed by atoms with Crippen LogP contribution in [-0.2, 0) is 14.3 Å². The van der Waals surface area contributed by atoms with Gasteiger partial charge in [-0.05, 0) is 37.3 Å². The molecule has 10 nitrogen and oxygen atoms in total. The lowest BCUT2D eigenvalue weighted by molar-refractivity contribution is -0.119. The summed E-state index contributed by atoms with van der Waals surface area (Å²) in [5.74, 6) is -2.00. The molecule has 10 heteroatoms. The highest BCUT2D eigenvalue weighted by Gasteiger charge is 2.23. The Kier molecular flexibility index (Phi) is 5.86. The van der Waals surface area contributed by atoms with Crippen LogP contribution in [0, 0.1) is 0 Å². The molecule has 0 aliphatic heterocycles. The molecule has 0 radical (unpaired) electrons. The normalized spacial score (nSPS) is 11.6. The first-order valence-corrected chi connectivity index (χ1v) is 8.83. The minimum atomic E-state index is -1.05. The molecule has 30 heavy (non-hydrogen) atoms. The van der Waals surface area contributed by atoms with E-state index in [1.807, 2.05) is 0 Å². The number of methoxy groups -OCH3 is 2. The molecule has 0 bridgehead atoms. The van der Waals surface area contributed by atoms with Crippen LogP contribution in [0.25, 0.3) is 10.9 Å². The van der Waals surface area contributed by atoms with Gasteiger partial charge in [0.15, 0.2) is 0 Å². The second-order valence-electron chi connectivity index (χ2n) is 6.27. The fourth-order valence-corrected chi connectivity index (χ4v) is 2.78. The topological polar surface area (TPSA) is 129 Å². The number of rotatable bonds is 5. The van der Waals surface area contributed by atoms with E-state index in [4.69, 9.17) is 4.74 Å². The number of nitrogens with one attached hydrogen (secondary N) is 1. The summed E-state index contributed by atoms with van der Waals surface area (Å²) in [6.45, 7) is 1.46. The van der Waals surface area contributed by atoms with Gasteiger partial charge in [0.25, 0.3) is 5.56 Å². The van der Waals surface area contributed by atoms with E-state index in [1.54, 1.807) is 24.3 Å². The summed E-state index contributed by atoms with van der Waals surface area (Å²) in [7, 11) is 2.40. The molecule has 3 rings (SSSR count). The quantitative estimate of drug-likeness (QED) is 0.628. The Morgan fingerprint density at radius 1 is 1.03 bits per heavy atom. The monoisotopic (exact) mass is 410 g/mol. The van der Waals surface area contributed by atoms with Gasteiger partial charge in [-0.25, -0.2) is 9.59 Å². The van der Waals surface area contributed by atoms with Crippen LogP contribution in [0.4, 0.5) is 5.69 Å². The molecule has 3 aromatic rings. The van der Waals surface area contributed by atoms with E-state index in [0.29, 0.717) is 10.9 Å². The molecule has 1 atom stereocenters. The number of anilines is 1. The summed E-state index contributed by atoms with van der Waals surface area (Å²) < 4.78 is 10.3. The maximum atomic E-state index is 12.8. The molecule has 0 saturated carbocycles. The third-order valence-electron chi connectivity index (χ3n) is 4.44. The zero-order chi connectivity index (χ0) is 21.8. The number of carbonyl (C=O) groups is 3. The van der Waals surface area contributed by atoms with Crippen molar-refractivity contribution in [3.05, 3.63) is 63.9 Å². The van der Waals surface area contributed by atoms with Crippen LogP contribution in [0.5, 0.6) is 0 Å². The van der Waals surface area contributed by atoms with Crippen molar-refractivity contribution in [3.63, 3.8) is 0 Å². The highest BCUT2D eigenvalue weighted by atomic mass is 16.5. The Bertz CT molecular complexity index is 1200. The molecular weight excluding hydrogens is 392 g/mol. The number of nitrogens with zero attached hydrogens (tertiary/aromatic N) is 3. The lowest BCUT2D eigenvalue weighted by Gasteiger charge is -2.16. The average molecular weight is 410 g/mol. The molecule has 1 heterocycles. The molecule has 1 unspecified atom stereocenters. The van der Waals surface area contributed by atoms with E-state index in [0.717, 1.165) is 4.68 Å². The van der Waals surface area contributed by atoms with Crippen molar-refractivity contribution in [2.24, 2.45) is 0 Å². The van der Waals surface area contributed by atoms with Gasteiger partial charge in [-0.15, -0.1) is 5.10 Å². The summed E-state index contributed by atoms with van der Waals surface area (Å²) in [6.07, 6.45) is 0. The van der Waals surface area contributed by atoms with E-state index in [2.05, 4.69) is 20.4 Å². The molecule has 0 saturated heterocycles. The zero-order valence-corrected chi connectivity index (χ0v) is 16.4. The van der Waals surface area contributed by atoms with Gasteiger partial charge in [0.1, 0.15) is 11.6 Å². The number of fused-ring (bicyclic) bond motifs is 1. The molecule has 0 aliphatic carbocycles. The Hall–Kier alpha value is -4.08. The third-order valence-corrected chi connectivity index (χ3v) is 4.44. The number of amides is 1. The van der Waals surface area contributed by atoms with Gasteiger partial charge in [-0.1, -0.05) is 17.3 Å². The Morgan fingerprint density at radius 2 is 1.73 bits per heavy atom. The fraction of sp³-hybridized carbons (Fsp3) is 0.200. The van der Waals surface area contributed by atoms with Crippen molar-refractivity contribution in [1.82, 2.24) is 15.0 Å². The van der Waals surface area contributed by atoms with Crippen molar-refractivity contribution in [2.45, 2.75) is 13.0 Å². The van der Waals surface area contributed by atoms with E-state index >= 15 is 0 Å². The maximum absolute atomic E-state index is 12.8. The van der Waals surface area contributed by atoms with Crippen molar-refractivity contribution >= 4 is 34.4 Å². The third kappa shape index (κ3) is 3.88. The van der Waals surface area contributed by atoms with Gasteiger partial charge in [-0.3, -0.25) is 9.59 Å². The van der Waals surface area contributed by atoms with Gasteiger partial charge in [-0.2, -0.15) is 4.68 Å². The smallest absolute Gasteiger partial charge is 0.339 e. The first kappa shape index (κ1) is 20.6. The molecule has 2 aromatic carbocycles. The summed E-state index contributed by atoms with van der Waals surface area (Å²) in [5.41, 5.74) is 0.103. The predicted molar refractivity (Wildman–Crippen MR) is 106 cm³/mol. The van der Waals surface area contributed by atoms with Crippen molar-refractivity contribution in [2.75, 3.05) is 19.5 Å². The molecule has 1 aromatic heterocycles. The second-order valence-corrected chi connectivity index (χ2v) is 6.27. The average Bonchev–Trinajstić information content (AvgIpc) is 2.77. The molecule has 154 valence electrons. The lowest BCUT2D eigenvalue weighted by atomic mass is 10.1. The molecule has 0 fully saturated rings. The minimum Gasteiger partial charge on any atom is -0.465 e. The van der Waals surface area contributed by atoms with Crippen molar-refractivity contribution in [1.29, 1.82) is 0 Å². The summed E-state index contributed by atoms with van der Waals surface area (Å²) in [4.78, 5) is 49.3. The summed E-state index contributed by atoms with van der Waals surface area (Å²) in [6, 6.07) is 9.57. The van der Waals surface area contributed by atoms with E-state index < -0.39 is 29.4 Å². The van der Waals surface area contributed by atoms with Crippen LogP contribution in [0.1, 0.15) is 33.7 Å². The van der Waals surface area contributed by atoms with Crippen molar-refractivity contribution < 1.29 is 23.9 Å². The molecular formula is C20H18N4O6. The van der Waals surface area contributed by atoms with E-state index in [1.165, 1.54) is 39.3 Å². The number of carbonyl (C=O) groups excluding carboxylic acids is 3.